The van der Waals surface area contributed by atoms with Gasteiger partial charge in [0.05, 0.1) is 20.3 Å². The van der Waals surface area contributed by atoms with E-state index in [0.29, 0.717) is 32.7 Å². The molecule has 2 amide bonds. The molecule has 182 valence electrons. The van der Waals surface area contributed by atoms with Crippen LogP contribution >= 0.6 is 11.6 Å². The van der Waals surface area contributed by atoms with E-state index in [1.807, 2.05) is 48.7 Å². The highest BCUT2D eigenvalue weighted by Gasteiger charge is 2.24. The van der Waals surface area contributed by atoms with Crippen molar-refractivity contribution >= 4 is 34.3 Å². The van der Waals surface area contributed by atoms with E-state index in [4.69, 9.17) is 21.1 Å². The summed E-state index contributed by atoms with van der Waals surface area (Å²) in [6.45, 7) is 3.13. The van der Waals surface area contributed by atoms with E-state index >= 15 is 0 Å². The first-order valence-electron chi connectivity index (χ1n) is 11.3. The van der Waals surface area contributed by atoms with Crippen molar-refractivity contribution in [1.82, 2.24) is 14.8 Å². The number of H-pyrrole nitrogens is 1. The molecule has 3 rings (SSSR count). The number of alkyl halides is 1. The second kappa shape index (κ2) is 12.4. The number of aromatic amines is 1. The molecular weight excluding hydrogens is 454 g/mol. The third kappa shape index (κ3) is 6.74. The summed E-state index contributed by atoms with van der Waals surface area (Å²) < 4.78 is 10.4. The summed E-state index contributed by atoms with van der Waals surface area (Å²) >= 11 is 6.04. The molecule has 0 radical (unpaired) electrons. The van der Waals surface area contributed by atoms with Crippen LogP contribution in [0.3, 0.4) is 0 Å². The van der Waals surface area contributed by atoms with Crippen LogP contribution < -0.4 is 4.74 Å². The van der Waals surface area contributed by atoms with Gasteiger partial charge in [0.15, 0.2) is 0 Å². The molecule has 0 spiro atoms. The Balaban J connectivity index is 1.78. The zero-order valence-corrected chi connectivity index (χ0v) is 20.7. The van der Waals surface area contributed by atoms with E-state index in [0.717, 1.165) is 27.8 Å². The molecule has 0 aliphatic carbocycles. The summed E-state index contributed by atoms with van der Waals surface area (Å²) in [5.74, 6) is 0.332. The first-order valence-corrected chi connectivity index (χ1v) is 11.7. The van der Waals surface area contributed by atoms with Crippen molar-refractivity contribution in [3.05, 3.63) is 65.9 Å². The highest BCUT2D eigenvalue weighted by molar-refractivity contribution is 6.30. The van der Waals surface area contributed by atoms with Gasteiger partial charge < -0.3 is 24.3 Å². The SMILES string of the molecule is COCCN(CC(=O)N(CCc1c[nH]c2ccccc12)Cc1ccc(OC)cc1)C(=O)C(C)Cl. The van der Waals surface area contributed by atoms with Crippen molar-refractivity contribution in [2.45, 2.75) is 25.3 Å². The van der Waals surface area contributed by atoms with Crippen molar-refractivity contribution in [3.8, 4) is 5.75 Å². The number of benzene rings is 2. The Bertz CT molecular complexity index is 1080. The van der Waals surface area contributed by atoms with E-state index in [1.54, 1.807) is 26.0 Å². The largest absolute Gasteiger partial charge is 0.497 e. The van der Waals surface area contributed by atoms with Crippen LogP contribution in [0.15, 0.2) is 54.7 Å². The van der Waals surface area contributed by atoms with Crippen LogP contribution in [0.5, 0.6) is 5.75 Å². The third-order valence-corrected chi connectivity index (χ3v) is 5.94. The number of fused-ring (bicyclic) bond motifs is 1. The number of nitrogens with one attached hydrogen (secondary N) is 1. The monoisotopic (exact) mass is 485 g/mol. The number of carbonyl (C=O) groups is 2. The summed E-state index contributed by atoms with van der Waals surface area (Å²) in [5, 5.41) is 0.429. The van der Waals surface area contributed by atoms with Gasteiger partial charge in [-0.05, 0) is 42.7 Å². The first kappa shape index (κ1) is 25.6. The number of carbonyl (C=O) groups excluding carboxylic acids is 2. The number of methoxy groups -OCH3 is 2. The number of rotatable bonds is 12. The fourth-order valence-electron chi connectivity index (χ4n) is 3.82. The fraction of sp³-hybridized carbons (Fsp3) is 0.385. The maximum absolute atomic E-state index is 13.4. The maximum Gasteiger partial charge on any atom is 0.242 e. The molecule has 2 aromatic carbocycles. The lowest BCUT2D eigenvalue weighted by molar-refractivity contribution is -0.141. The zero-order chi connectivity index (χ0) is 24.5. The predicted octanol–water partition coefficient (Wildman–Crippen LogP) is 3.85. The number of hydrogen-bond donors (Lipinski definition) is 1. The minimum Gasteiger partial charge on any atom is -0.497 e. The first-order chi connectivity index (χ1) is 16.4. The van der Waals surface area contributed by atoms with Gasteiger partial charge in [-0.1, -0.05) is 30.3 Å². The molecule has 8 heteroatoms. The lowest BCUT2D eigenvalue weighted by atomic mass is 10.1. The molecule has 7 nitrogen and oxygen atoms in total. The third-order valence-electron chi connectivity index (χ3n) is 5.75. The predicted molar refractivity (Wildman–Crippen MR) is 134 cm³/mol. The Kier molecular flexibility index (Phi) is 9.36. The van der Waals surface area contributed by atoms with Gasteiger partial charge in [0.2, 0.25) is 11.8 Å². The molecular formula is C26H32ClN3O4. The molecule has 0 bridgehead atoms. The van der Waals surface area contributed by atoms with Crippen LogP contribution in [-0.4, -0.2) is 72.4 Å². The second-order valence-corrected chi connectivity index (χ2v) is 8.80. The van der Waals surface area contributed by atoms with Crippen LogP contribution in [0, 0.1) is 0 Å². The molecule has 34 heavy (non-hydrogen) atoms. The molecule has 3 aromatic rings. The number of hydrogen-bond acceptors (Lipinski definition) is 4. The van der Waals surface area contributed by atoms with Crippen LogP contribution in [0.4, 0.5) is 0 Å². The lowest BCUT2D eigenvalue weighted by Gasteiger charge is -2.28. The Morgan fingerprint density at radius 3 is 2.44 bits per heavy atom. The van der Waals surface area contributed by atoms with Crippen LogP contribution in [0.1, 0.15) is 18.1 Å². The molecule has 0 saturated carbocycles. The number of amides is 2. The molecule has 0 aliphatic heterocycles. The maximum atomic E-state index is 13.4. The zero-order valence-electron chi connectivity index (χ0n) is 19.9. The minimum atomic E-state index is -0.717. The number of para-hydroxylation sites is 1. The van der Waals surface area contributed by atoms with Gasteiger partial charge in [-0.15, -0.1) is 11.6 Å². The molecule has 1 N–H and O–H groups in total. The van der Waals surface area contributed by atoms with Gasteiger partial charge in [-0.25, -0.2) is 0 Å². The van der Waals surface area contributed by atoms with Gasteiger partial charge in [0.25, 0.3) is 0 Å². The molecule has 1 atom stereocenters. The Morgan fingerprint density at radius 1 is 1.03 bits per heavy atom. The average molecular weight is 486 g/mol. The van der Waals surface area contributed by atoms with Crippen LogP contribution in [0.2, 0.25) is 0 Å². The molecule has 0 saturated heterocycles. The summed E-state index contributed by atoms with van der Waals surface area (Å²) in [5.41, 5.74) is 3.19. The normalized spacial score (nSPS) is 11.9. The van der Waals surface area contributed by atoms with Gasteiger partial charge in [-0.2, -0.15) is 0 Å². The standard InChI is InChI=1S/C26H32ClN3O4/c1-19(27)26(32)30(14-15-33-2)18-25(31)29(17-20-8-10-22(34-3)11-9-20)13-12-21-16-28-24-7-5-4-6-23(21)24/h4-11,16,19,28H,12-15,17-18H2,1-3H3. The second-order valence-electron chi connectivity index (χ2n) is 8.14. The Hall–Kier alpha value is -3.03. The van der Waals surface area contributed by atoms with Crippen molar-refractivity contribution in [3.63, 3.8) is 0 Å². The number of nitrogens with zero attached hydrogens (tertiary/aromatic N) is 2. The van der Waals surface area contributed by atoms with E-state index < -0.39 is 5.38 Å². The molecule has 1 unspecified atom stereocenters. The molecule has 0 fully saturated rings. The van der Waals surface area contributed by atoms with E-state index in [-0.39, 0.29) is 18.4 Å². The van der Waals surface area contributed by atoms with Crippen LogP contribution in [-0.2, 0) is 27.3 Å². The number of aromatic nitrogens is 1. The van der Waals surface area contributed by atoms with Gasteiger partial charge in [0, 0.05) is 43.8 Å². The highest BCUT2D eigenvalue weighted by Crippen LogP contribution is 2.19. The fourth-order valence-corrected chi connectivity index (χ4v) is 3.96. The topological polar surface area (TPSA) is 74.9 Å². The van der Waals surface area contributed by atoms with Gasteiger partial charge in [-0.3, -0.25) is 9.59 Å². The summed E-state index contributed by atoms with van der Waals surface area (Å²) in [7, 11) is 3.18. The summed E-state index contributed by atoms with van der Waals surface area (Å²) in [6, 6.07) is 15.7. The van der Waals surface area contributed by atoms with E-state index in [9.17, 15) is 9.59 Å². The van der Waals surface area contributed by atoms with E-state index in [2.05, 4.69) is 11.1 Å². The Morgan fingerprint density at radius 2 is 1.76 bits per heavy atom. The van der Waals surface area contributed by atoms with Gasteiger partial charge >= 0.3 is 0 Å². The Labute approximate surface area is 205 Å². The smallest absolute Gasteiger partial charge is 0.242 e. The molecule has 0 aliphatic rings. The van der Waals surface area contributed by atoms with Crippen molar-refractivity contribution < 1.29 is 19.1 Å². The van der Waals surface area contributed by atoms with Crippen LogP contribution in [0.25, 0.3) is 10.9 Å². The number of halogens is 1. The average Bonchev–Trinajstić information content (AvgIpc) is 3.27. The van der Waals surface area contributed by atoms with Gasteiger partial charge in [0.1, 0.15) is 11.1 Å². The molecule has 1 heterocycles. The highest BCUT2D eigenvalue weighted by atomic mass is 35.5. The van der Waals surface area contributed by atoms with Crippen molar-refractivity contribution in [2.24, 2.45) is 0 Å². The summed E-state index contributed by atoms with van der Waals surface area (Å²) in [4.78, 5) is 32.5. The summed E-state index contributed by atoms with van der Waals surface area (Å²) in [6.07, 6.45) is 2.67. The lowest BCUT2D eigenvalue weighted by Crippen LogP contribution is -2.46. The van der Waals surface area contributed by atoms with E-state index in [1.165, 1.54) is 4.90 Å². The number of ether oxygens (including phenoxy) is 2. The quantitative estimate of drug-likeness (QED) is 0.395. The van der Waals surface area contributed by atoms with Crippen molar-refractivity contribution in [2.75, 3.05) is 40.5 Å². The molecule has 1 aromatic heterocycles. The van der Waals surface area contributed by atoms with Crippen molar-refractivity contribution in [1.29, 1.82) is 0 Å². The minimum absolute atomic E-state index is 0.0523.